The normalized spacial score (nSPS) is 20.9. The molecule has 2 aromatic carbocycles. The Balaban J connectivity index is 1.43. The van der Waals surface area contributed by atoms with Crippen molar-refractivity contribution in [1.29, 1.82) is 0 Å². The number of hydrogen-bond acceptors (Lipinski definition) is 4. The van der Waals surface area contributed by atoms with E-state index in [0.717, 1.165) is 28.0 Å². The summed E-state index contributed by atoms with van der Waals surface area (Å²) in [7, 11) is 1.62. The van der Waals surface area contributed by atoms with Crippen LogP contribution in [-0.2, 0) is 0 Å². The van der Waals surface area contributed by atoms with Crippen molar-refractivity contribution < 1.29 is 9.53 Å². The van der Waals surface area contributed by atoms with Crippen LogP contribution >= 0.6 is 0 Å². The van der Waals surface area contributed by atoms with Gasteiger partial charge in [-0.3, -0.25) is 0 Å². The Morgan fingerprint density at radius 1 is 1.03 bits per heavy atom. The molecular weight excluding hydrogens is 450 g/mol. The summed E-state index contributed by atoms with van der Waals surface area (Å²) in [6, 6.07) is 21.1. The number of fused-ring (bicyclic) bond motifs is 5. The van der Waals surface area contributed by atoms with Gasteiger partial charge in [-0.15, -0.1) is 0 Å². The molecule has 2 aromatic heterocycles. The van der Waals surface area contributed by atoms with Crippen LogP contribution in [0.25, 0.3) is 22.2 Å². The number of aromatic nitrogens is 3. The molecule has 36 heavy (non-hydrogen) atoms. The van der Waals surface area contributed by atoms with Gasteiger partial charge in [-0.2, -0.15) is 0 Å². The van der Waals surface area contributed by atoms with E-state index in [2.05, 4.69) is 63.4 Å². The average molecular weight is 482 g/mol. The van der Waals surface area contributed by atoms with Gasteiger partial charge in [-0.25, -0.2) is 14.8 Å². The van der Waals surface area contributed by atoms with Crippen molar-refractivity contribution in [2.45, 2.75) is 38.3 Å². The lowest BCUT2D eigenvalue weighted by molar-refractivity contribution is 0.195. The predicted molar refractivity (Wildman–Crippen MR) is 140 cm³/mol. The number of nitrogens with zero attached hydrogens (tertiary/aromatic N) is 4. The predicted octanol–water partition coefficient (Wildman–Crippen LogP) is 5.23. The molecule has 0 aliphatic carbocycles. The number of urea groups is 1. The minimum absolute atomic E-state index is 0.000616. The highest BCUT2D eigenvalue weighted by Gasteiger charge is 2.50. The van der Waals surface area contributed by atoms with Crippen LogP contribution in [0.1, 0.15) is 44.1 Å². The van der Waals surface area contributed by atoms with Crippen molar-refractivity contribution in [2.24, 2.45) is 5.92 Å². The number of hydrogen-bond donors (Lipinski definition) is 1. The van der Waals surface area contributed by atoms with Crippen LogP contribution in [0.2, 0.25) is 0 Å². The number of carbonyl (C=O) groups excluding carboxylic acids is 1. The van der Waals surface area contributed by atoms with Gasteiger partial charge in [0.1, 0.15) is 5.82 Å². The number of carbonyl (C=O) groups is 1. The lowest BCUT2D eigenvalue weighted by atomic mass is 9.88. The summed E-state index contributed by atoms with van der Waals surface area (Å²) in [5.74, 6) is 2.14. The SMILES string of the molecule is COc1ccc(-c2ccc3nc4n(c3c2)[C@@H](c2ccccc2)[C@H]2CN(C(=O)NC(C)(C)C)C[C@@H]42)cn1. The molecule has 0 spiro atoms. The lowest BCUT2D eigenvalue weighted by Gasteiger charge is -2.27. The summed E-state index contributed by atoms with van der Waals surface area (Å²) in [6.07, 6.45) is 1.84. The quantitative estimate of drug-likeness (QED) is 0.435. The molecule has 1 saturated heterocycles. The third-order valence-corrected chi connectivity index (χ3v) is 7.29. The first-order chi connectivity index (χ1) is 17.3. The third kappa shape index (κ3) is 3.79. The maximum atomic E-state index is 13.0. The Morgan fingerprint density at radius 3 is 2.50 bits per heavy atom. The molecular formula is C29H31N5O2. The molecule has 2 aliphatic rings. The van der Waals surface area contributed by atoms with Gasteiger partial charge in [0, 0.05) is 48.3 Å². The van der Waals surface area contributed by atoms with Crippen LogP contribution in [0.3, 0.4) is 0 Å². The fourth-order valence-corrected chi connectivity index (χ4v) is 5.74. The summed E-state index contributed by atoms with van der Waals surface area (Å²) in [5.41, 5.74) is 5.20. The first-order valence-electron chi connectivity index (χ1n) is 12.5. The van der Waals surface area contributed by atoms with Gasteiger partial charge in [-0.05, 0) is 50.1 Å². The molecule has 4 heterocycles. The van der Waals surface area contributed by atoms with Crippen molar-refractivity contribution in [3.63, 3.8) is 0 Å². The summed E-state index contributed by atoms with van der Waals surface area (Å²) in [5, 5.41) is 3.13. The monoisotopic (exact) mass is 481 g/mol. The van der Waals surface area contributed by atoms with Crippen LogP contribution in [0.5, 0.6) is 5.88 Å². The first-order valence-corrected chi connectivity index (χ1v) is 12.5. The van der Waals surface area contributed by atoms with Gasteiger partial charge < -0.3 is 19.5 Å². The summed E-state index contributed by atoms with van der Waals surface area (Å²) in [4.78, 5) is 24.5. The van der Waals surface area contributed by atoms with E-state index in [1.165, 1.54) is 5.56 Å². The van der Waals surface area contributed by atoms with E-state index in [1.807, 2.05) is 44.0 Å². The highest BCUT2D eigenvalue weighted by Crippen LogP contribution is 2.50. The summed E-state index contributed by atoms with van der Waals surface area (Å²) >= 11 is 0. The molecule has 6 rings (SSSR count). The topological polar surface area (TPSA) is 72.3 Å². The summed E-state index contributed by atoms with van der Waals surface area (Å²) in [6.45, 7) is 7.44. The second-order valence-electron chi connectivity index (χ2n) is 10.8. The second kappa shape index (κ2) is 8.36. The van der Waals surface area contributed by atoms with E-state index in [9.17, 15) is 4.79 Å². The minimum Gasteiger partial charge on any atom is -0.481 e. The summed E-state index contributed by atoms with van der Waals surface area (Å²) < 4.78 is 7.64. The van der Waals surface area contributed by atoms with E-state index >= 15 is 0 Å². The zero-order valence-corrected chi connectivity index (χ0v) is 21.1. The van der Waals surface area contributed by atoms with E-state index < -0.39 is 0 Å². The average Bonchev–Trinajstić information content (AvgIpc) is 3.53. The highest BCUT2D eigenvalue weighted by atomic mass is 16.5. The number of pyridine rings is 1. The second-order valence-corrected chi connectivity index (χ2v) is 10.8. The molecule has 3 atom stereocenters. The molecule has 7 nitrogen and oxygen atoms in total. The molecule has 2 aliphatic heterocycles. The number of benzene rings is 2. The number of methoxy groups -OCH3 is 1. The Hall–Kier alpha value is -3.87. The molecule has 1 fully saturated rings. The van der Waals surface area contributed by atoms with E-state index in [0.29, 0.717) is 19.0 Å². The molecule has 0 unspecified atom stereocenters. The van der Waals surface area contributed by atoms with Crippen LogP contribution in [-0.4, -0.2) is 51.2 Å². The van der Waals surface area contributed by atoms with Crippen LogP contribution in [0.15, 0.2) is 66.9 Å². The number of nitrogens with one attached hydrogen (secondary N) is 1. The molecule has 4 aromatic rings. The van der Waals surface area contributed by atoms with Gasteiger partial charge >= 0.3 is 6.03 Å². The maximum absolute atomic E-state index is 13.0. The van der Waals surface area contributed by atoms with Crippen molar-refractivity contribution >= 4 is 17.1 Å². The Morgan fingerprint density at radius 2 is 1.81 bits per heavy atom. The molecule has 0 radical (unpaired) electrons. The standard InChI is InChI=1S/C29H31N5O2/c1-29(2,3)32-28(35)33-16-21-22(17-33)27-31-23-12-10-19(20-11-13-25(36-4)30-15-20)14-24(23)34(27)26(21)18-8-6-5-7-9-18/h5-15,21-22,26H,16-17H2,1-4H3,(H,32,35)/t21-,22+,26-/m0/s1. The first kappa shape index (κ1) is 22.6. The molecule has 1 N–H and O–H groups in total. The fraction of sp³-hybridized carbons (Fsp3) is 0.345. The van der Waals surface area contributed by atoms with Crippen molar-refractivity contribution in [2.75, 3.05) is 20.2 Å². The zero-order valence-electron chi connectivity index (χ0n) is 21.1. The van der Waals surface area contributed by atoms with Crippen molar-refractivity contribution in [1.82, 2.24) is 24.8 Å². The number of amides is 2. The molecule has 0 saturated carbocycles. The van der Waals surface area contributed by atoms with Crippen molar-refractivity contribution in [3.8, 4) is 17.0 Å². The lowest BCUT2D eigenvalue weighted by Crippen LogP contribution is -2.48. The zero-order chi connectivity index (χ0) is 25.0. The van der Waals surface area contributed by atoms with Crippen LogP contribution in [0, 0.1) is 5.92 Å². The minimum atomic E-state index is -0.270. The number of ether oxygens (including phenoxy) is 1. The van der Waals surface area contributed by atoms with Crippen LogP contribution in [0.4, 0.5) is 4.79 Å². The van der Waals surface area contributed by atoms with Crippen molar-refractivity contribution in [3.05, 3.63) is 78.2 Å². The van der Waals surface area contributed by atoms with E-state index in [1.54, 1.807) is 7.11 Å². The Labute approximate surface area is 211 Å². The Kier molecular flexibility index (Phi) is 5.25. The molecule has 7 heteroatoms. The van der Waals surface area contributed by atoms with Gasteiger partial charge in [-0.1, -0.05) is 36.4 Å². The number of rotatable bonds is 3. The van der Waals surface area contributed by atoms with Gasteiger partial charge in [0.2, 0.25) is 5.88 Å². The molecule has 184 valence electrons. The number of imidazole rings is 1. The third-order valence-electron chi connectivity index (χ3n) is 7.29. The van der Waals surface area contributed by atoms with Gasteiger partial charge in [0.25, 0.3) is 0 Å². The van der Waals surface area contributed by atoms with Gasteiger partial charge in [0.05, 0.1) is 24.2 Å². The van der Waals surface area contributed by atoms with E-state index in [-0.39, 0.29) is 29.4 Å². The Bertz CT molecular complexity index is 1420. The maximum Gasteiger partial charge on any atom is 0.317 e. The smallest absolute Gasteiger partial charge is 0.317 e. The molecule has 0 bridgehead atoms. The largest absolute Gasteiger partial charge is 0.481 e. The number of likely N-dealkylation sites (tertiary alicyclic amines) is 1. The highest BCUT2D eigenvalue weighted by molar-refractivity contribution is 5.83. The fourth-order valence-electron chi connectivity index (χ4n) is 5.74. The molecule has 2 amide bonds. The van der Waals surface area contributed by atoms with Gasteiger partial charge in [0.15, 0.2) is 0 Å². The van der Waals surface area contributed by atoms with Crippen LogP contribution < -0.4 is 10.1 Å². The van der Waals surface area contributed by atoms with E-state index in [4.69, 9.17) is 9.72 Å².